The molecule has 27 heavy (non-hydrogen) atoms. The average Bonchev–Trinajstić information content (AvgIpc) is 2.88. The number of aromatic nitrogens is 2. The number of fused-ring (bicyclic) bond motifs is 3. The van der Waals surface area contributed by atoms with Gasteiger partial charge in [0, 0.05) is 53.6 Å². The zero-order valence-corrected chi connectivity index (χ0v) is 16.6. The number of nitrogens with zero attached hydrogens (tertiary/aromatic N) is 2. The van der Waals surface area contributed by atoms with Crippen molar-refractivity contribution < 1.29 is 4.74 Å². The minimum atomic E-state index is -0.405. The molecule has 5 rings (SSSR count). The summed E-state index contributed by atoms with van der Waals surface area (Å²) in [5, 5.41) is 4.96. The molecule has 2 unspecified atom stereocenters. The highest BCUT2D eigenvalue weighted by molar-refractivity contribution is 5.90. The molecular formula is C23H27N3O. The fourth-order valence-corrected chi connectivity index (χ4v) is 4.91. The van der Waals surface area contributed by atoms with Crippen LogP contribution < -0.4 is 5.32 Å². The van der Waals surface area contributed by atoms with Crippen molar-refractivity contribution in [3.05, 3.63) is 64.1 Å². The predicted molar refractivity (Wildman–Crippen MR) is 108 cm³/mol. The molecule has 3 aromatic rings. The lowest BCUT2D eigenvalue weighted by Crippen LogP contribution is -2.33. The summed E-state index contributed by atoms with van der Waals surface area (Å²) in [7, 11) is 0. The van der Waals surface area contributed by atoms with Gasteiger partial charge in [-0.3, -0.25) is 4.98 Å². The number of benzene rings is 1. The highest BCUT2D eigenvalue weighted by Crippen LogP contribution is 2.43. The Labute approximate surface area is 160 Å². The van der Waals surface area contributed by atoms with E-state index in [9.17, 15) is 0 Å². The zero-order valence-electron chi connectivity index (χ0n) is 16.6. The Morgan fingerprint density at radius 3 is 2.89 bits per heavy atom. The molecule has 4 heteroatoms. The van der Waals surface area contributed by atoms with E-state index in [1.54, 1.807) is 0 Å². The second kappa shape index (κ2) is 5.91. The summed E-state index contributed by atoms with van der Waals surface area (Å²) in [6.45, 7) is 11.4. The first-order chi connectivity index (χ1) is 13.0. The molecule has 140 valence electrons. The maximum Gasteiger partial charge on any atom is 0.110 e. The second-order valence-corrected chi connectivity index (χ2v) is 8.37. The van der Waals surface area contributed by atoms with Crippen molar-refractivity contribution >= 4 is 10.9 Å². The van der Waals surface area contributed by atoms with E-state index in [0.29, 0.717) is 0 Å². The van der Waals surface area contributed by atoms with Crippen LogP contribution in [0.4, 0.5) is 0 Å². The Kier molecular flexibility index (Phi) is 3.72. The van der Waals surface area contributed by atoms with Gasteiger partial charge in [-0.05, 0) is 45.4 Å². The number of ether oxygens (including phenoxy) is 1. The van der Waals surface area contributed by atoms with Gasteiger partial charge in [-0.1, -0.05) is 17.7 Å². The maximum absolute atomic E-state index is 6.73. The van der Waals surface area contributed by atoms with E-state index in [2.05, 4.69) is 59.9 Å². The Bertz CT molecular complexity index is 1030. The van der Waals surface area contributed by atoms with Crippen molar-refractivity contribution in [1.82, 2.24) is 14.9 Å². The first-order valence-corrected chi connectivity index (χ1v) is 9.92. The van der Waals surface area contributed by atoms with Crippen molar-refractivity contribution in [3.8, 4) is 0 Å². The fraction of sp³-hybridized carbons (Fsp3) is 0.435. The Morgan fingerprint density at radius 1 is 1.26 bits per heavy atom. The van der Waals surface area contributed by atoms with Gasteiger partial charge in [0.25, 0.3) is 0 Å². The molecule has 0 spiro atoms. The average molecular weight is 361 g/mol. The first-order valence-electron chi connectivity index (χ1n) is 9.92. The normalized spacial score (nSPS) is 24.7. The molecule has 0 saturated heterocycles. The molecule has 4 nitrogen and oxygen atoms in total. The lowest BCUT2D eigenvalue weighted by Gasteiger charge is -2.32. The van der Waals surface area contributed by atoms with Gasteiger partial charge in [-0.2, -0.15) is 0 Å². The minimum absolute atomic E-state index is 0.0317. The monoisotopic (exact) mass is 361 g/mol. The summed E-state index contributed by atoms with van der Waals surface area (Å²) in [6.07, 6.45) is 3.08. The van der Waals surface area contributed by atoms with Gasteiger partial charge < -0.3 is 14.6 Å². The molecule has 0 amide bonds. The predicted octanol–water partition coefficient (Wildman–Crippen LogP) is 4.31. The molecule has 0 fully saturated rings. The maximum atomic E-state index is 6.73. The van der Waals surface area contributed by atoms with Crippen LogP contribution in [-0.2, 0) is 29.8 Å². The number of pyridine rings is 1. The van der Waals surface area contributed by atoms with E-state index >= 15 is 0 Å². The molecule has 0 bridgehead atoms. The van der Waals surface area contributed by atoms with Crippen molar-refractivity contribution in [2.24, 2.45) is 0 Å². The zero-order chi connectivity index (χ0) is 18.8. The number of rotatable bonds is 1. The van der Waals surface area contributed by atoms with Gasteiger partial charge in [0.2, 0.25) is 0 Å². The third kappa shape index (κ3) is 2.54. The largest absolute Gasteiger partial charge is 0.361 e. The SMILES string of the molecule is Cc1cc2c3c(c1)c1c(n3CC(C)(c3ccc(C)nc3)OC2C)CCNC1. The first kappa shape index (κ1) is 17.0. The van der Waals surface area contributed by atoms with Crippen LogP contribution in [0.2, 0.25) is 0 Å². The molecule has 2 aliphatic rings. The van der Waals surface area contributed by atoms with E-state index in [1.165, 1.54) is 33.3 Å². The highest BCUT2D eigenvalue weighted by Gasteiger charge is 2.37. The fourth-order valence-electron chi connectivity index (χ4n) is 4.91. The van der Waals surface area contributed by atoms with Gasteiger partial charge in [0.15, 0.2) is 0 Å². The third-order valence-electron chi connectivity index (χ3n) is 6.25. The summed E-state index contributed by atoms with van der Waals surface area (Å²) in [4.78, 5) is 4.54. The standard InChI is InChI=1S/C23H27N3O/c1-14-9-18-16(3)27-23(4,17-6-5-15(2)25-11-17)13-26-21-7-8-24-12-20(21)19(10-14)22(18)26/h5-6,9-11,16,24H,7-8,12-13H2,1-4H3. The van der Waals surface area contributed by atoms with Crippen LogP contribution >= 0.6 is 0 Å². The smallest absolute Gasteiger partial charge is 0.110 e. The molecule has 4 heterocycles. The molecule has 2 atom stereocenters. The lowest BCUT2D eigenvalue weighted by molar-refractivity contribution is -0.0885. The Balaban J connectivity index is 1.76. The molecule has 1 N–H and O–H groups in total. The van der Waals surface area contributed by atoms with Crippen molar-refractivity contribution in [3.63, 3.8) is 0 Å². The topological polar surface area (TPSA) is 39.1 Å². The lowest BCUT2D eigenvalue weighted by atomic mass is 9.95. The van der Waals surface area contributed by atoms with Crippen LogP contribution in [0.3, 0.4) is 0 Å². The number of nitrogens with one attached hydrogen (secondary N) is 1. The minimum Gasteiger partial charge on any atom is -0.361 e. The molecule has 2 aliphatic heterocycles. The van der Waals surface area contributed by atoms with E-state index in [4.69, 9.17) is 4.74 Å². The van der Waals surface area contributed by atoms with Gasteiger partial charge in [0.1, 0.15) is 5.60 Å². The Hall–Kier alpha value is -2.17. The summed E-state index contributed by atoms with van der Waals surface area (Å²) < 4.78 is 9.27. The summed E-state index contributed by atoms with van der Waals surface area (Å²) in [6, 6.07) is 8.91. The summed E-state index contributed by atoms with van der Waals surface area (Å²) in [5.41, 5.74) is 8.70. The number of hydrogen-bond acceptors (Lipinski definition) is 3. The van der Waals surface area contributed by atoms with Crippen LogP contribution in [0.25, 0.3) is 10.9 Å². The van der Waals surface area contributed by atoms with E-state index in [0.717, 1.165) is 37.3 Å². The molecular weight excluding hydrogens is 334 g/mol. The highest BCUT2D eigenvalue weighted by atomic mass is 16.5. The van der Waals surface area contributed by atoms with Gasteiger partial charge >= 0.3 is 0 Å². The number of aryl methyl sites for hydroxylation is 2. The number of hydrogen-bond donors (Lipinski definition) is 1. The van der Waals surface area contributed by atoms with E-state index in [-0.39, 0.29) is 6.10 Å². The molecule has 0 radical (unpaired) electrons. The summed E-state index contributed by atoms with van der Waals surface area (Å²) in [5.74, 6) is 0. The third-order valence-corrected chi connectivity index (χ3v) is 6.25. The van der Waals surface area contributed by atoms with Crippen LogP contribution in [0.5, 0.6) is 0 Å². The Morgan fingerprint density at radius 2 is 2.11 bits per heavy atom. The van der Waals surface area contributed by atoms with Crippen LogP contribution in [-0.4, -0.2) is 16.1 Å². The van der Waals surface area contributed by atoms with Gasteiger partial charge in [0.05, 0.1) is 18.2 Å². The van der Waals surface area contributed by atoms with Gasteiger partial charge in [-0.15, -0.1) is 0 Å². The van der Waals surface area contributed by atoms with E-state index in [1.807, 2.05) is 13.1 Å². The van der Waals surface area contributed by atoms with Crippen LogP contribution in [0.15, 0.2) is 30.5 Å². The van der Waals surface area contributed by atoms with Gasteiger partial charge in [-0.25, -0.2) is 0 Å². The molecule has 0 saturated carbocycles. The molecule has 1 aromatic carbocycles. The van der Waals surface area contributed by atoms with E-state index < -0.39 is 5.60 Å². The van der Waals surface area contributed by atoms with Crippen molar-refractivity contribution in [1.29, 1.82) is 0 Å². The summed E-state index contributed by atoms with van der Waals surface area (Å²) >= 11 is 0. The van der Waals surface area contributed by atoms with Crippen LogP contribution in [0.1, 0.15) is 53.6 Å². The van der Waals surface area contributed by atoms with Crippen LogP contribution in [0, 0.1) is 13.8 Å². The second-order valence-electron chi connectivity index (χ2n) is 8.37. The molecule has 0 aliphatic carbocycles. The van der Waals surface area contributed by atoms with Crippen molar-refractivity contribution in [2.45, 2.75) is 58.9 Å². The molecule has 2 aromatic heterocycles. The van der Waals surface area contributed by atoms with Crippen molar-refractivity contribution in [2.75, 3.05) is 6.54 Å². The quantitative estimate of drug-likeness (QED) is 0.702.